The van der Waals surface area contributed by atoms with Crippen molar-refractivity contribution in [1.82, 2.24) is 10.4 Å². The van der Waals surface area contributed by atoms with E-state index in [0.717, 1.165) is 5.01 Å². The van der Waals surface area contributed by atoms with Crippen LogP contribution in [0.1, 0.15) is 41.5 Å². The lowest BCUT2D eigenvalue weighted by molar-refractivity contribution is 0.0493. The van der Waals surface area contributed by atoms with Gasteiger partial charge in [-0.3, -0.25) is 9.59 Å². The summed E-state index contributed by atoms with van der Waals surface area (Å²) in [5.74, 6) is -0.564. The molecule has 2 amide bonds. The third-order valence-electron chi connectivity index (χ3n) is 2.24. The number of carbonyl (C=O) groups excluding carboxylic acids is 2. The van der Waals surface area contributed by atoms with Crippen LogP contribution in [0.3, 0.4) is 0 Å². The van der Waals surface area contributed by atoms with Crippen LogP contribution in [0.25, 0.3) is 0 Å². The van der Waals surface area contributed by atoms with Crippen molar-refractivity contribution in [2.45, 2.75) is 26.3 Å². The molecule has 0 aromatic heterocycles. The monoisotopic (exact) mass is 218 g/mol. The van der Waals surface area contributed by atoms with Gasteiger partial charge >= 0.3 is 0 Å². The van der Waals surface area contributed by atoms with Gasteiger partial charge in [-0.25, -0.2) is 10.4 Å². The molecule has 1 N–H and O–H groups in total. The summed E-state index contributed by atoms with van der Waals surface area (Å²) >= 11 is 0. The smallest absolute Gasteiger partial charge is 0.267 e. The predicted octanol–water partition coefficient (Wildman–Crippen LogP) is 1.59. The van der Waals surface area contributed by atoms with Gasteiger partial charge in [-0.2, -0.15) is 0 Å². The van der Waals surface area contributed by atoms with Crippen molar-refractivity contribution >= 4 is 11.8 Å². The zero-order valence-corrected chi connectivity index (χ0v) is 9.57. The summed E-state index contributed by atoms with van der Waals surface area (Å²) in [7, 11) is 0. The van der Waals surface area contributed by atoms with E-state index in [4.69, 9.17) is 0 Å². The molecule has 1 aliphatic heterocycles. The Morgan fingerprint density at radius 2 is 1.44 bits per heavy atom. The Labute approximate surface area is 94.2 Å². The quantitative estimate of drug-likeness (QED) is 0.728. The van der Waals surface area contributed by atoms with Crippen LogP contribution >= 0.6 is 0 Å². The highest BCUT2D eigenvalue weighted by Crippen LogP contribution is 2.21. The van der Waals surface area contributed by atoms with Gasteiger partial charge in [0.2, 0.25) is 0 Å². The summed E-state index contributed by atoms with van der Waals surface area (Å²) in [5.41, 5.74) is 3.50. The van der Waals surface area contributed by atoms with Gasteiger partial charge in [0.15, 0.2) is 0 Å². The SMILES string of the molecule is CC(C)(C)NN1C(=O)c2ccccc2C1=O. The van der Waals surface area contributed by atoms with Gasteiger partial charge in [-0.1, -0.05) is 12.1 Å². The Hall–Kier alpha value is -1.68. The minimum absolute atomic E-state index is 0.282. The van der Waals surface area contributed by atoms with Gasteiger partial charge in [0, 0.05) is 5.54 Å². The van der Waals surface area contributed by atoms with E-state index in [2.05, 4.69) is 5.43 Å². The summed E-state index contributed by atoms with van der Waals surface area (Å²) in [6.45, 7) is 5.70. The van der Waals surface area contributed by atoms with Crippen molar-refractivity contribution in [2.75, 3.05) is 0 Å². The molecular weight excluding hydrogens is 204 g/mol. The second kappa shape index (κ2) is 3.42. The maximum Gasteiger partial charge on any atom is 0.276 e. The van der Waals surface area contributed by atoms with Crippen molar-refractivity contribution < 1.29 is 9.59 Å². The van der Waals surface area contributed by atoms with E-state index in [-0.39, 0.29) is 17.4 Å². The van der Waals surface area contributed by atoms with Crippen LogP contribution in [0, 0.1) is 0 Å². The van der Waals surface area contributed by atoms with E-state index in [1.165, 1.54) is 0 Å². The van der Waals surface area contributed by atoms with Gasteiger partial charge in [0.05, 0.1) is 11.1 Å². The zero-order valence-electron chi connectivity index (χ0n) is 9.57. The third kappa shape index (κ3) is 1.72. The third-order valence-corrected chi connectivity index (χ3v) is 2.24. The highest BCUT2D eigenvalue weighted by Gasteiger charge is 2.37. The van der Waals surface area contributed by atoms with Gasteiger partial charge in [-0.05, 0) is 32.9 Å². The van der Waals surface area contributed by atoms with Crippen LogP contribution in [0.4, 0.5) is 0 Å². The Bertz CT molecular complexity index is 425. The summed E-state index contributed by atoms with van der Waals surface area (Å²) in [5, 5.41) is 1.09. The molecule has 1 aliphatic rings. The number of fused-ring (bicyclic) bond motifs is 1. The molecule has 0 fully saturated rings. The molecule has 1 aromatic carbocycles. The fraction of sp³-hybridized carbons (Fsp3) is 0.333. The average molecular weight is 218 g/mol. The van der Waals surface area contributed by atoms with E-state index in [0.29, 0.717) is 11.1 Å². The molecule has 1 heterocycles. The molecule has 1 aromatic rings. The molecule has 16 heavy (non-hydrogen) atoms. The molecule has 0 saturated carbocycles. The normalized spacial score (nSPS) is 15.6. The Morgan fingerprint density at radius 1 is 1.00 bits per heavy atom. The van der Waals surface area contributed by atoms with E-state index in [9.17, 15) is 9.59 Å². The Balaban J connectivity index is 2.36. The average Bonchev–Trinajstić information content (AvgIpc) is 2.43. The van der Waals surface area contributed by atoms with Gasteiger partial charge < -0.3 is 0 Å². The maximum atomic E-state index is 11.9. The molecule has 0 radical (unpaired) electrons. The second-order valence-corrected chi connectivity index (χ2v) is 4.85. The molecular formula is C12H14N2O2. The van der Waals surface area contributed by atoms with Crippen LogP contribution in [0.15, 0.2) is 24.3 Å². The minimum Gasteiger partial charge on any atom is -0.267 e. The molecule has 4 heteroatoms. The summed E-state index contributed by atoms with van der Waals surface area (Å²) in [6.07, 6.45) is 0. The molecule has 84 valence electrons. The summed E-state index contributed by atoms with van der Waals surface area (Å²) in [4.78, 5) is 23.9. The molecule has 2 rings (SSSR count). The first kappa shape index (κ1) is 10.8. The number of amides is 2. The van der Waals surface area contributed by atoms with Crippen LogP contribution in [-0.4, -0.2) is 22.4 Å². The zero-order chi connectivity index (χ0) is 11.9. The van der Waals surface area contributed by atoms with E-state index in [1.54, 1.807) is 24.3 Å². The fourth-order valence-electron chi connectivity index (χ4n) is 1.63. The molecule has 0 unspecified atom stereocenters. The van der Waals surface area contributed by atoms with E-state index < -0.39 is 0 Å². The standard InChI is InChI=1S/C12H14N2O2/c1-12(2,3)13-14-10(15)8-6-4-5-7-9(8)11(14)16/h4-7,13H,1-3H3. The number of nitrogens with zero attached hydrogens (tertiary/aromatic N) is 1. The minimum atomic E-state index is -0.326. The first-order valence-electron chi connectivity index (χ1n) is 5.16. The topological polar surface area (TPSA) is 49.4 Å². The largest absolute Gasteiger partial charge is 0.276 e. The van der Waals surface area contributed by atoms with Gasteiger partial charge in [-0.15, -0.1) is 0 Å². The molecule has 0 aliphatic carbocycles. The molecule has 4 nitrogen and oxygen atoms in total. The van der Waals surface area contributed by atoms with Crippen LogP contribution < -0.4 is 5.43 Å². The van der Waals surface area contributed by atoms with Gasteiger partial charge in [0.25, 0.3) is 11.8 Å². The number of rotatable bonds is 1. The van der Waals surface area contributed by atoms with Crippen LogP contribution in [0.2, 0.25) is 0 Å². The highest BCUT2D eigenvalue weighted by atomic mass is 16.2. The Morgan fingerprint density at radius 3 is 1.81 bits per heavy atom. The maximum absolute atomic E-state index is 11.9. The van der Waals surface area contributed by atoms with Crippen LogP contribution in [-0.2, 0) is 0 Å². The van der Waals surface area contributed by atoms with Crippen molar-refractivity contribution in [3.8, 4) is 0 Å². The summed E-state index contributed by atoms with van der Waals surface area (Å²) in [6, 6.07) is 6.84. The lowest BCUT2D eigenvalue weighted by Crippen LogP contribution is -2.51. The fourth-order valence-corrected chi connectivity index (χ4v) is 1.63. The number of hydrazine groups is 1. The number of carbonyl (C=O) groups is 2. The molecule has 0 bridgehead atoms. The van der Waals surface area contributed by atoms with Crippen molar-refractivity contribution in [3.05, 3.63) is 35.4 Å². The first-order valence-corrected chi connectivity index (χ1v) is 5.16. The lowest BCUT2D eigenvalue weighted by atomic mass is 10.1. The predicted molar refractivity (Wildman–Crippen MR) is 59.8 cm³/mol. The molecule has 0 saturated heterocycles. The van der Waals surface area contributed by atoms with Crippen molar-refractivity contribution in [2.24, 2.45) is 0 Å². The van der Waals surface area contributed by atoms with Gasteiger partial charge in [0.1, 0.15) is 0 Å². The van der Waals surface area contributed by atoms with Crippen molar-refractivity contribution in [1.29, 1.82) is 0 Å². The molecule has 0 spiro atoms. The number of hydrogen-bond donors (Lipinski definition) is 1. The number of imide groups is 1. The highest BCUT2D eigenvalue weighted by molar-refractivity contribution is 6.20. The van der Waals surface area contributed by atoms with E-state index >= 15 is 0 Å². The number of benzene rings is 1. The lowest BCUT2D eigenvalue weighted by Gasteiger charge is -2.26. The number of hydrogen-bond acceptors (Lipinski definition) is 3. The Kier molecular flexibility index (Phi) is 2.31. The number of nitrogens with one attached hydrogen (secondary N) is 1. The first-order chi connectivity index (χ1) is 7.40. The van der Waals surface area contributed by atoms with E-state index in [1.807, 2.05) is 20.8 Å². The summed E-state index contributed by atoms with van der Waals surface area (Å²) < 4.78 is 0. The molecule has 0 atom stereocenters. The van der Waals surface area contributed by atoms with Crippen LogP contribution in [0.5, 0.6) is 0 Å². The van der Waals surface area contributed by atoms with Crippen molar-refractivity contribution in [3.63, 3.8) is 0 Å². The second-order valence-electron chi connectivity index (χ2n) is 4.85.